The summed E-state index contributed by atoms with van der Waals surface area (Å²) in [6.07, 6.45) is 4.75. The fourth-order valence-corrected chi connectivity index (χ4v) is 2.06. The Bertz CT molecular complexity index is 276. The third kappa shape index (κ3) is 2.34. The monoisotopic (exact) mass is 190 g/mol. The van der Waals surface area contributed by atoms with Crippen LogP contribution in [0, 0.1) is 0 Å². The van der Waals surface area contributed by atoms with Crippen molar-refractivity contribution in [3.63, 3.8) is 0 Å². The predicted octanol–water partition coefficient (Wildman–Crippen LogP) is 2.01. The molecule has 0 spiro atoms. The Labute approximate surface area is 85.5 Å². The van der Waals surface area contributed by atoms with E-state index in [-0.39, 0.29) is 5.66 Å². The fraction of sp³-hybridized carbons (Fsp3) is 0.500. The first-order valence-corrected chi connectivity index (χ1v) is 5.36. The number of hydrogen-bond acceptors (Lipinski definition) is 2. The average Bonchev–Trinajstić information content (AvgIpc) is 2.65. The lowest BCUT2D eigenvalue weighted by Gasteiger charge is -2.25. The molecule has 1 saturated carbocycles. The predicted molar refractivity (Wildman–Crippen MR) is 58.7 cm³/mol. The molecule has 0 atom stereocenters. The Morgan fingerprint density at radius 1 is 1.14 bits per heavy atom. The van der Waals surface area contributed by atoms with Crippen LogP contribution in [-0.4, -0.2) is 5.66 Å². The molecule has 0 saturated heterocycles. The highest BCUT2D eigenvalue weighted by Gasteiger charge is 2.28. The molecule has 0 amide bonds. The van der Waals surface area contributed by atoms with E-state index in [1.807, 2.05) is 6.07 Å². The molecule has 1 fully saturated rings. The highest BCUT2D eigenvalue weighted by Crippen LogP contribution is 2.24. The summed E-state index contributed by atoms with van der Waals surface area (Å²) >= 11 is 0. The van der Waals surface area contributed by atoms with E-state index in [9.17, 15) is 0 Å². The first kappa shape index (κ1) is 9.69. The lowest BCUT2D eigenvalue weighted by molar-refractivity contribution is 0.341. The minimum Gasteiger partial charge on any atom is -0.313 e. The summed E-state index contributed by atoms with van der Waals surface area (Å²) in [7, 11) is 0. The molecule has 0 aliphatic heterocycles. The van der Waals surface area contributed by atoms with Crippen molar-refractivity contribution in [2.45, 2.75) is 37.9 Å². The molecule has 2 nitrogen and oxygen atoms in total. The molecule has 0 unspecified atom stereocenters. The minimum atomic E-state index is -0.101. The second kappa shape index (κ2) is 4.11. The standard InChI is InChI=1S/C12H18N2/c13-12(8-4-5-9-12)14-10-11-6-2-1-3-7-11/h1-3,6-7,14H,4-5,8-10,13H2. The van der Waals surface area contributed by atoms with Gasteiger partial charge in [-0.15, -0.1) is 0 Å². The molecule has 2 rings (SSSR count). The summed E-state index contributed by atoms with van der Waals surface area (Å²) in [5.41, 5.74) is 7.40. The van der Waals surface area contributed by atoms with Crippen molar-refractivity contribution in [1.29, 1.82) is 0 Å². The molecule has 0 aromatic heterocycles. The molecule has 0 bridgehead atoms. The van der Waals surface area contributed by atoms with Gasteiger partial charge in [-0.05, 0) is 18.4 Å². The molecule has 1 aliphatic carbocycles. The summed E-state index contributed by atoms with van der Waals surface area (Å²) in [6.45, 7) is 0.886. The molecule has 0 heterocycles. The summed E-state index contributed by atoms with van der Waals surface area (Å²) in [4.78, 5) is 0. The maximum atomic E-state index is 6.20. The van der Waals surface area contributed by atoms with Crippen molar-refractivity contribution in [1.82, 2.24) is 5.32 Å². The van der Waals surface area contributed by atoms with Gasteiger partial charge in [0.25, 0.3) is 0 Å². The van der Waals surface area contributed by atoms with Gasteiger partial charge in [0.1, 0.15) is 0 Å². The molecule has 76 valence electrons. The van der Waals surface area contributed by atoms with E-state index in [1.165, 1.54) is 18.4 Å². The fourth-order valence-electron chi connectivity index (χ4n) is 2.06. The van der Waals surface area contributed by atoms with Crippen LogP contribution in [0.4, 0.5) is 0 Å². The van der Waals surface area contributed by atoms with Crippen LogP contribution in [0.3, 0.4) is 0 Å². The van der Waals surface area contributed by atoms with Crippen LogP contribution < -0.4 is 11.1 Å². The largest absolute Gasteiger partial charge is 0.313 e. The Hall–Kier alpha value is -0.860. The molecule has 0 radical (unpaired) electrons. The summed E-state index contributed by atoms with van der Waals surface area (Å²) in [6, 6.07) is 10.4. The smallest absolute Gasteiger partial charge is 0.0664 e. The highest BCUT2D eigenvalue weighted by molar-refractivity contribution is 5.14. The minimum absolute atomic E-state index is 0.101. The molecular weight excluding hydrogens is 172 g/mol. The van der Waals surface area contributed by atoms with Crippen molar-refractivity contribution in [2.75, 3.05) is 0 Å². The van der Waals surface area contributed by atoms with Gasteiger partial charge in [-0.2, -0.15) is 0 Å². The van der Waals surface area contributed by atoms with E-state index in [4.69, 9.17) is 5.73 Å². The average molecular weight is 190 g/mol. The van der Waals surface area contributed by atoms with Crippen LogP contribution in [0.2, 0.25) is 0 Å². The first-order chi connectivity index (χ1) is 6.79. The first-order valence-electron chi connectivity index (χ1n) is 5.36. The Morgan fingerprint density at radius 2 is 1.79 bits per heavy atom. The lowest BCUT2D eigenvalue weighted by Crippen LogP contribution is -2.50. The van der Waals surface area contributed by atoms with E-state index in [0.29, 0.717) is 0 Å². The number of hydrogen-bond donors (Lipinski definition) is 2. The number of rotatable bonds is 3. The third-order valence-corrected chi connectivity index (χ3v) is 2.98. The molecule has 1 aromatic rings. The van der Waals surface area contributed by atoms with Crippen LogP contribution >= 0.6 is 0 Å². The topological polar surface area (TPSA) is 38.0 Å². The Kier molecular flexibility index (Phi) is 2.85. The maximum Gasteiger partial charge on any atom is 0.0664 e. The quantitative estimate of drug-likeness (QED) is 0.715. The lowest BCUT2D eigenvalue weighted by atomic mass is 10.1. The molecular formula is C12H18N2. The zero-order valence-electron chi connectivity index (χ0n) is 8.50. The van der Waals surface area contributed by atoms with Gasteiger partial charge in [-0.3, -0.25) is 5.32 Å². The number of benzene rings is 1. The van der Waals surface area contributed by atoms with Crippen LogP contribution in [-0.2, 0) is 6.54 Å². The number of nitrogens with two attached hydrogens (primary N) is 1. The van der Waals surface area contributed by atoms with Gasteiger partial charge in [-0.1, -0.05) is 43.2 Å². The SMILES string of the molecule is NC1(NCc2ccccc2)CCCC1. The van der Waals surface area contributed by atoms with Gasteiger partial charge in [0.05, 0.1) is 5.66 Å². The van der Waals surface area contributed by atoms with E-state index in [2.05, 4.69) is 29.6 Å². The zero-order valence-corrected chi connectivity index (χ0v) is 8.50. The van der Waals surface area contributed by atoms with Gasteiger partial charge >= 0.3 is 0 Å². The Morgan fingerprint density at radius 3 is 2.43 bits per heavy atom. The summed E-state index contributed by atoms with van der Waals surface area (Å²) in [5.74, 6) is 0. The summed E-state index contributed by atoms with van der Waals surface area (Å²) < 4.78 is 0. The van der Waals surface area contributed by atoms with Crippen LogP contribution in [0.15, 0.2) is 30.3 Å². The van der Waals surface area contributed by atoms with Gasteiger partial charge in [0, 0.05) is 6.54 Å². The molecule has 1 aliphatic rings. The van der Waals surface area contributed by atoms with Gasteiger partial charge in [-0.25, -0.2) is 0 Å². The van der Waals surface area contributed by atoms with Gasteiger partial charge in [0.15, 0.2) is 0 Å². The van der Waals surface area contributed by atoms with E-state index in [1.54, 1.807) is 0 Å². The van der Waals surface area contributed by atoms with Crippen molar-refractivity contribution < 1.29 is 0 Å². The van der Waals surface area contributed by atoms with Crippen LogP contribution in [0.5, 0.6) is 0 Å². The summed E-state index contributed by atoms with van der Waals surface area (Å²) in [5, 5.41) is 3.45. The number of nitrogens with one attached hydrogen (secondary N) is 1. The molecule has 14 heavy (non-hydrogen) atoms. The van der Waals surface area contributed by atoms with Crippen molar-refractivity contribution in [2.24, 2.45) is 5.73 Å². The third-order valence-electron chi connectivity index (χ3n) is 2.98. The van der Waals surface area contributed by atoms with Crippen molar-refractivity contribution in [3.8, 4) is 0 Å². The second-order valence-corrected chi connectivity index (χ2v) is 4.20. The van der Waals surface area contributed by atoms with E-state index < -0.39 is 0 Å². The van der Waals surface area contributed by atoms with Crippen LogP contribution in [0.1, 0.15) is 31.2 Å². The molecule has 1 aromatic carbocycles. The van der Waals surface area contributed by atoms with E-state index >= 15 is 0 Å². The highest BCUT2D eigenvalue weighted by atomic mass is 15.1. The van der Waals surface area contributed by atoms with E-state index in [0.717, 1.165) is 19.4 Å². The Balaban J connectivity index is 1.88. The molecule has 2 heteroatoms. The normalized spacial score (nSPS) is 19.8. The zero-order chi connectivity index (χ0) is 9.86. The van der Waals surface area contributed by atoms with Crippen molar-refractivity contribution in [3.05, 3.63) is 35.9 Å². The van der Waals surface area contributed by atoms with Gasteiger partial charge in [0.2, 0.25) is 0 Å². The molecule has 3 N–H and O–H groups in total. The van der Waals surface area contributed by atoms with Crippen LogP contribution in [0.25, 0.3) is 0 Å². The second-order valence-electron chi connectivity index (χ2n) is 4.20. The van der Waals surface area contributed by atoms with Gasteiger partial charge < -0.3 is 5.73 Å². The van der Waals surface area contributed by atoms with Crippen molar-refractivity contribution >= 4 is 0 Å². The maximum absolute atomic E-state index is 6.20.